The Bertz CT molecular complexity index is 526. The summed E-state index contributed by atoms with van der Waals surface area (Å²) in [6.45, 7) is 1.82. The zero-order chi connectivity index (χ0) is 13.8. The van der Waals surface area contributed by atoms with Crippen molar-refractivity contribution in [1.82, 2.24) is 15.0 Å². The minimum Gasteiger partial charge on any atom is -0.395 e. The van der Waals surface area contributed by atoms with Crippen molar-refractivity contribution in [1.29, 1.82) is 0 Å². The highest BCUT2D eigenvalue weighted by Crippen LogP contribution is 2.23. The average molecular weight is 293 g/mol. The molecule has 0 aromatic carbocycles. The van der Waals surface area contributed by atoms with Gasteiger partial charge in [-0.15, -0.1) is 11.3 Å². The number of likely N-dealkylation sites (tertiary alicyclic amines) is 1. The molecule has 1 aliphatic heterocycles. The van der Waals surface area contributed by atoms with Gasteiger partial charge in [0.15, 0.2) is 0 Å². The van der Waals surface area contributed by atoms with Crippen LogP contribution in [0.1, 0.15) is 31.6 Å². The number of aliphatic hydroxyl groups is 1. The minimum absolute atomic E-state index is 0.200. The number of hydrogen-bond acceptors (Lipinski definition) is 6. The van der Waals surface area contributed by atoms with E-state index in [4.69, 9.17) is 4.52 Å². The fourth-order valence-corrected chi connectivity index (χ4v) is 3.30. The number of rotatable bonds is 4. The van der Waals surface area contributed by atoms with Crippen LogP contribution in [0.15, 0.2) is 22.0 Å². The van der Waals surface area contributed by atoms with Gasteiger partial charge in [0.05, 0.1) is 18.0 Å². The van der Waals surface area contributed by atoms with Crippen LogP contribution in [0.3, 0.4) is 0 Å². The van der Waals surface area contributed by atoms with Crippen molar-refractivity contribution in [2.24, 2.45) is 0 Å². The molecule has 0 amide bonds. The number of aromatic nitrogens is 2. The van der Waals surface area contributed by atoms with Gasteiger partial charge in [-0.25, -0.2) is 0 Å². The van der Waals surface area contributed by atoms with Crippen LogP contribution in [0, 0.1) is 0 Å². The van der Waals surface area contributed by atoms with Crippen LogP contribution in [0.25, 0.3) is 10.7 Å². The second-order valence-corrected chi connectivity index (χ2v) is 6.09. The smallest absolute Gasteiger partial charge is 0.241 e. The molecule has 2 aromatic rings. The lowest BCUT2D eigenvalue weighted by Gasteiger charge is -2.26. The van der Waals surface area contributed by atoms with Crippen LogP contribution < -0.4 is 0 Å². The Morgan fingerprint density at radius 2 is 2.35 bits per heavy atom. The zero-order valence-electron chi connectivity index (χ0n) is 11.4. The molecule has 0 radical (unpaired) electrons. The van der Waals surface area contributed by atoms with Crippen LogP contribution in [0.4, 0.5) is 0 Å². The van der Waals surface area contributed by atoms with E-state index in [0.29, 0.717) is 18.3 Å². The van der Waals surface area contributed by atoms with E-state index in [1.807, 2.05) is 17.5 Å². The molecule has 3 rings (SSSR count). The highest BCUT2D eigenvalue weighted by molar-refractivity contribution is 7.13. The molecule has 1 aliphatic rings. The van der Waals surface area contributed by atoms with E-state index >= 15 is 0 Å². The molecule has 5 nitrogen and oxygen atoms in total. The average Bonchev–Trinajstić information content (AvgIpc) is 3.08. The number of aliphatic hydroxyl groups excluding tert-OH is 1. The fourth-order valence-electron chi connectivity index (χ4n) is 2.65. The van der Waals surface area contributed by atoms with Crippen LogP contribution in [0.5, 0.6) is 0 Å². The molecule has 3 heterocycles. The van der Waals surface area contributed by atoms with Crippen LogP contribution >= 0.6 is 11.3 Å². The molecule has 1 saturated heterocycles. The van der Waals surface area contributed by atoms with Gasteiger partial charge in [-0.1, -0.05) is 24.1 Å². The first-order valence-electron chi connectivity index (χ1n) is 7.08. The Balaban J connectivity index is 1.70. The largest absolute Gasteiger partial charge is 0.395 e. The quantitative estimate of drug-likeness (QED) is 0.938. The molecule has 6 heteroatoms. The maximum absolute atomic E-state index is 9.51. The van der Waals surface area contributed by atoms with Gasteiger partial charge in [-0.2, -0.15) is 4.98 Å². The van der Waals surface area contributed by atoms with Crippen molar-refractivity contribution in [3.63, 3.8) is 0 Å². The van der Waals surface area contributed by atoms with E-state index in [9.17, 15) is 5.11 Å². The second kappa shape index (κ2) is 6.47. The van der Waals surface area contributed by atoms with Gasteiger partial charge in [0.2, 0.25) is 11.7 Å². The van der Waals surface area contributed by atoms with Crippen molar-refractivity contribution in [2.75, 3.05) is 13.2 Å². The van der Waals surface area contributed by atoms with Gasteiger partial charge in [-0.05, 0) is 30.8 Å². The van der Waals surface area contributed by atoms with Gasteiger partial charge in [0.1, 0.15) is 0 Å². The third-order valence-corrected chi connectivity index (χ3v) is 4.62. The Kier molecular flexibility index (Phi) is 4.44. The summed E-state index contributed by atoms with van der Waals surface area (Å²) in [5.41, 5.74) is 0. The minimum atomic E-state index is 0.200. The Morgan fingerprint density at radius 1 is 1.40 bits per heavy atom. The molecule has 0 bridgehead atoms. The predicted octanol–water partition coefficient (Wildman–Crippen LogP) is 2.54. The SMILES string of the molecule is OCC1CCCCCN1Cc1nc(-c2cccs2)no1. The van der Waals surface area contributed by atoms with Gasteiger partial charge in [0, 0.05) is 6.04 Å². The lowest BCUT2D eigenvalue weighted by Crippen LogP contribution is -2.37. The van der Waals surface area contributed by atoms with E-state index in [1.165, 1.54) is 19.3 Å². The molecule has 1 atom stereocenters. The van der Waals surface area contributed by atoms with E-state index in [2.05, 4.69) is 15.0 Å². The maximum atomic E-state index is 9.51. The van der Waals surface area contributed by atoms with Crippen molar-refractivity contribution in [2.45, 2.75) is 38.3 Å². The molecule has 1 fully saturated rings. The Morgan fingerprint density at radius 3 is 3.15 bits per heavy atom. The Hall–Kier alpha value is -1.24. The molecule has 1 N–H and O–H groups in total. The molecular formula is C14H19N3O2S. The standard InChI is InChI=1S/C14H19N3O2S/c18-10-11-5-2-1-3-7-17(11)9-13-15-14(16-19-13)12-6-4-8-20-12/h4,6,8,11,18H,1-3,5,7,9-10H2. The lowest BCUT2D eigenvalue weighted by molar-refractivity contribution is 0.107. The van der Waals surface area contributed by atoms with Gasteiger partial charge in [-0.3, -0.25) is 4.90 Å². The number of nitrogens with zero attached hydrogens (tertiary/aromatic N) is 3. The van der Waals surface area contributed by atoms with Crippen LogP contribution in [-0.2, 0) is 6.54 Å². The van der Waals surface area contributed by atoms with E-state index in [1.54, 1.807) is 11.3 Å². The first-order valence-corrected chi connectivity index (χ1v) is 7.96. The van der Waals surface area contributed by atoms with E-state index in [-0.39, 0.29) is 12.6 Å². The van der Waals surface area contributed by atoms with Gasteiger partial charge in [0.25, 0.3) is 0 Å². The summed E-state index contributed by atoms with van der Waals surface area (Å²) in [6.07, 6.45) is 4.63. The normalized spacial score (nSPS) is 20.9. The molecule has 2 aromatic heterocycles. The van der Waals surface area contributed by atoms with Crippen molar-refractivity contribution >= 4 is 11.3 Å². The van der Waals surface area contributed by atoms with Gasteiger partial charge < -0.3 is 9.63 Å². The molecule has 1 unspecified atom stereocenters. The maximum Gasteiger partial charge on any atom is 0.241 e. The summed E-state index contributed by atoms with van der Waals surface area (Å²) in [5, 5.41) is 15.5. The first-order chi connectivity index (χ1) is 9.86. The highest BCUT2D eigenvalue weighted by Gasteiger charge is 2.22. The van der Waals surface area contributed by atoms with Crippen molar-refractivity contribution in [3.8, 4) is 10.7 Å². The monoisotopic (exact) mass is 293 g/mol. The number of hydrogen-bond donors (Lipinski definition) is 1. The third-order valence-electron chi connectivity index (χ3n) is 3.76. The van der Waals surface area contributed by atoms with Crippen molar-refractivity contribution in [3.05, 3.63) is 23.4 Å². The van der Waals surface area contributed by atoms with Crippen LogP contribution in [-0.4, -0.2) is 39.3 Å². The fraction of sp³-hybridized carbons (Fsp3) is 0.571. The third kappa shape index (κ3) is 3.08. The molecule has 0 aliphatic carbocycles. The van der Waals surface area contributed by atoms with Crippen LogP contribution in [0.2, 0.25) is 0 Å². The molecule has 0 saturated carbocycles. The Labute approximate surface area is 122 Å². The van der Waals surface area contributed by atoms with E-state index < -0.39 is 0 Å². The molecule has 20 heavy (non-hydrogen) atoms. The van der Waals surface area contributed by atoms with E-state index in [0.717, 1.165) is 17.8 Å². The second-order valence-electron chi connectivity index (χ2n) is 5.15. The highest BCUT2D eigenvalue weighted by atomic mass is 32.1. The lowest BCUT2D eigenvalue weighted by atomic mass is 10.1. The summed E-state index contributed by atoms with van der Waals surface area (Å²) < 4.78 is 5.35. The molecule has 0 spiro atoms. The summed E-state index contributed by atoms with van der Waals surface area (Å²) in [7, 11) is 0. The summed E-state index contributed by atoms with van der Waals surface area (Å²) in [5.74, 6) is 1.29. The van der Waals surface area contributed by atoms with Gasteiger partial charge >= 0.3 is 0 Å². The first kappa shape index (κ1) is 13.7. The topological polar surface area (TPSA) is 62.4 Å². The molecule has 108 valence electrons. The predicted molar refractivity (Wildman–Crippen MR) is 77.4 cm³/mol. The number of thiophene rings is 1. The summed E-state index contributed by atoms with van der Waals surface area (Å²) in [4.78, 5) is 7.74. The zero-order valence-corrected chi connectivity index (χ0v) is 12.2. The summed E-state index contributed by atoms with van der Waals surface area (Å²) >= 11 is 1.61. The van der Waals surface area contributed by atoms with Crippen molar-refractivity contribution < 1.29 is 9.63 Å². The molecular weight excluding hydrogens is 274 g/mol. The summed E-state index contributed by atoms with van der Waals surface area (Å²) in [6, 6.07) is 4.18.